The molecular formula is C14H15Cl3Zr. The molecule has 2 aromatic carbocycles. The molecule has 18 heavy (non-hydrogen) atoms. The molecule has 0 aliphatic heterocycles. The molecule has 0 atom stereocenters. The van der Waals surface area contributed by atoms with E-state index in [0.29, 0.717) is 0 Å². The minimum atomic E-state index is 0. The third kappa shape index (κ3) is 5.53. The number of hydrogen-bond donors (Lipinski definition) is 0. The van der Waals surface area contributed by atoms with Crippen LogP contribution in [0.25, 0.3) is 11.1 Å². The summed E-state index contributed by atoms with van der Waals surface area (Å²) < 4.78 is 0. The molecule has 4 heteroatoms. The van der Waals surface area contributed by atoms with E-state index < -0.39 is 0 Å². The van der Waals surface area contributed by atoms with Gasteiger partial charge in [-0.2, -0.15) is 6.07 Å². The topological polar surface area (TPSA) is 0 Å². The van der Waals surface area contributed by atoms with E-state index in [9.17, 15) is 0 Å². The van der Waals surface area contributed by atoms with Gasteiger partial charge in [0.1, 0.15) is 0 Å². The number of aryl methyl sites for hydroxylation is 2. The van der Waals surface area contributed by atoms with E-state index in [2.05, 4.69) is 56.3 Å². The molecule has 0 heterocycles. The third-order valence-corrected chi connectivity index (χ3v) is 2.71. The first kappa shape index (κ1) is 23.4. The van der Waals surface area contributed by atoms with Crippen LogP contribution in [0.2, 0.25) is 0 Å². The van der Waals surface area contributed by atoms with Crippen molar-refractivity contribution in [2.45, 2.75) is 20.3 Å². The monoisotopic (exact) mass is 378 g/mol. The van der Waals surface area contributed by atoms with Gasteiger partial charge in [-0.05, 0) is 6.42 Å². The van der Waals surface area contributed by atoms with Crippen LogP contribution in [-0.2, 0) is 32.6 Å². The van der Waals surface area contributed by atoms with Crippen LogP contribution in [0.1, 0.15) is 18.1 Å². The molecule has 0 saturated carbocycles. The molecule has 0 N–H and O–H groups in total. The van der Waals surface area contributed by atoms with Gasteiger partial charge in [-0.25, -0.2) is 0 Å². The summed E-state index contributed by atoms with van der Waals surface area (Å²) in [6.45, 7) is 4.34. The second kappa shape index (κ2) is 11.2. The van der Waals surface area contributed by atoms with Crippen LogP contribution in [0.3, 0.4) is 0 Å². The van der Waals surface area contributed by atoms with Crippen LogP contribution in [-0.4, -0.2) is 0 Å². The van der Waals surface area contributed by atoms with Crippen molar-refractivity contribution >= 4 is 0 Å². The first-order valence-corrected chi connectivity index (χ1v) is 5.13. The fraction of sp³-hybridized carbons (Fsp3) is 0.214. The van der Waals surface area contributed by atoms with Crippen LogP contribution < -0.4 is 37.2 Å². The maximum Gasteiger partial charge on any atom is 4.00 e. The molecular weight excluding hydrogens is 366 g/mol. The van der Waals surface area contributed by atoms with Crippen LogP contribution in [0.4, 0.5) is 0 Å². The second-order valence-electron chi connectivity index (χ2n) is 3.67. The van der Waals surface area contributed by atoms with E-state index in [-0.39, 0.29) is 63.4 Å². The fourth-order valence-electron chi connectivity index (χ4n) is 1.75. The van der Waals surface area contributed by atoms with Gasteiger partial charge in [0.15, 0.2) is 0 Å². The number of halogens is 3. The number of rotatable bonds is 2. The summed E-state index contributed by atoms with van der Waals surface area (Å²) >= 11 is 0. The standard InChI is InChI=1S/C14H15.3ClH.Zr/c1-3-12-7-9-13(10-8-12)14-6-4-5-11(14)2;;;;/h4-10H,3H2,1-2H3;3*1H;/q-1;;;;+4/p-3. The predicted octanol–water partition coefficient (Wildman–Crippen LogP) is -5.05. The van der Waals surface area contributed by atoms with Gasteiger partial charge < -0.3 is 37.2 Å². The molecule has 0 fully saturated rings. The van der Waals surface area contributed by atoms with Crippen molar-refractivity contribution in [3.05, 3.63) is 53.6 Å². The minimum absolute atomic E-state index is 0. The first-order valence-electron chi connectivity index (χ1n) is 5.13. The van der Waals surface area contributed by atoms with Gasteiger partial charge in [0.25, 0.3) is 0 Å². The number of hydrogen-bond acceptors (Lipinski definition) is 0. The van der Waals surface area contributed by atoms with Crippen molar-refractivity contribution < 1.29 is 63.4 Å². The molecule has 2 aromatic rings. The molecule has 0 spiro atoms. The molecule has 0 aliphatic rings. The number of benzene rings is 1. The quantitative estimate of drug-likeness (QED) is 0.458. The molecule has 0 bridgehead atoms. The summed E-state index contributed by atoms with van der Waals surface area (Å²) in [5.41, 5.74) is 5.43. The predicted molar refractivity (Wildman–Crippen MR) is 61.6 cm³/mol. The summed E-state index contributed by atoms with van der Waals surface area (Å²) in [7, 11) is 0. The zero-order chi connectivity index (χ0) is 9.97. The Balaban J connectivity index is -0.000000562. The van der Waals surface area contributed by atoms with Crippen molar-refractivity contribution in [3.8, 4) is 11.1 Å². The Morgan fingerprint density at radius 2 is 1.50 bits per heavy atom. The molecule has 2 rings (SSSR count). The van der Waals surface area contributed by atoms with Gasteiger partial charge in [0, 0.05) is 0 Å². The summed E-state index contributed by atoms with van der Waals surface area (Å²) in [6, 6.07) is 15.3. The van der Waals surface area contributed by atoms with E-state index in [1.807, 2.05) is 0 Å². The zero-order valence-electron chi connectivity index (χ0n) is 10.4. The molecule has 0 saturated heterocycles. The Hall–Kier alpha value is 0.323. The Bertz CT molecular complexity index is 421. The van der Waals surface area contributed by atoms with Crippen molar-refractivity contribution in [3.63, 3.8) is 0 Å². The largest absolute Gasteiger partial charge is 4.00 e. The third-order valence-electron chi connectivity index (χ3n) is 2.71. The van der Waals surface area contributed by atoms with Crippen LogP contribution in [0, 0.1) is 6.92 Å². The Morgan fingerprint density at radius 1 is 0.944 bits per heavy atom. The smallest absolute Gasteiger partial charge is 1.00 e. The summed E-state index contributed by atoms with van der Waals surface area (Å²) in [4.78, 5) is 0. The average molecular weight is 381 g/mol. The molecule has 0 aliphatic carbocycles. The molecule has 96 valence electrons. The second-order valence-corrected chi connectivity index (χ2v) is 3.67. The van der Waals surface area contributed by atoms with Crippen LogP contribution in [0.5, 0.6) is 0 Å². The Kier molecular flexibility index (Phi) is 14.5. The van der Waals surface area contributed by atoms with Gasteiger partial charge in [-0.3, -0.25) is 0 Å². The van der Waals surface area contributed by atoms with E-state index in [1.165, 1.54) is 22.3 Å². The molecule has 0 amide bonds. The van der Waals surface area contributed by atoms with E-state index in [0.717, 1.165) is 6.42 Å². The van der Waals surface area contributed by atoms with Crippen molar-refractivity contribution in [2.75, 3.05) is 0 Å². The maximum atomic E-state index is 2.21. The SMILES string of the molecule is CCc1ccc(-[c-]2cccc2C)cc1.[Cl-].[Cl-].[Cl-].[Zr+4]. The molecule has 0 aromatic heterocycles. The van der Waals surface area contributed by atoms with Crippen molar-refractivity contribution in [1.29, 1.82) is 0 Å². The van der Waals surface area contributed by atoms with Crippen LogP contribution >= 0.6 is 0 Å². The maximum absolute atomic E-state index is 2.21. The molecule has 0 nitrogen and oxygen atoms in total. The Labute approximate surface area is 147 Å². The summed E-state index contributed by atoms with van der Waals surface area (Å²) in [5.74, 6) is 0. The van der Waals surface area contributed by atoms with Gasteiger partial charge >= 0.3 is 26.2 Å². The van der Waals surface area contributed by atoms with Gasteiger partial charge in [0.05, 0.1) is 0 Å². The molecule has 0 unspecified atom stereocenters. The van der Waals surface area contributed by atoms with E-state index in [4.69, 9.17) is 0 Å². The van der Waals surface area contributed by atoms with Gasteiger partial charge in [0.2, 0.25) is 0 Å². The Morgan fingerprint density at radius 3 is 1.89 bits per heavy atom. The molecule has 0 radical (unpaired) electrons. The summed E-state index contributed by atoms with van der Waals surface area (Å²) in [6.07, 6.45) is 1.11. The van der Waals surface area contributed by atoms with Crippen molar-refractivity contribution in [1.82, 2.24) is 0 Å². The van der Waals surface area contributed by atoms with Gasteiger partial charge in [-0.1, -0.05) is 37.1 Å². The fourth-order valence-corrected chi connectivity index (χ4v) is 1.75. The average Bonchev–Trinajstić information content (AvgIpc) is 2.65. The van der Waals surface area contributed by atoms with E-state index in [1.54, 1.807) is 0 Å². The summed E-state index contributed by atoms with van der Waals surface area (Å²) in [5, 5.41) is 0. The van der Waals surface area contributed by atoms with Gasteiger partial charge in [-0.15, -0.1) is 35.4 Å². The minimum Gasteiger partial charge on any atom is -1.00 e. The van der Waals surface area contributed by atoms with Crippen molar-refractivity contribution in [2.24, 2.45) is 0 Å². The van der Waals surface area contributed by atoms with Crippen LogP contribution in [0.15, 0.2) is 42.5 Å². The zero-order valence-corrected chi connectivity index (χ0v) is 15.1. The van der Waals surface area contributed by atoms with E-state index >= 15 is 0 Å². The first-order chi connectivity index (χ1) is 6.81. The normalized spacial score (nSPS) is 8.11.